The lowest BCUT2D eigenvalue weighted by molar-refractivity contribution is -0.174. The molecule has 1 aromatic carbocycles. The molecule has 0 unspecified atom stereocenters. The van der Waals surface area contributed by atoms with Crippen LogP contribution in [0.15, 0.2) is 43.9 Å². The Balaban J connectivity index is 1.71. The molecule has 3 heterocycles. The maximum absolute atomic E-state index is 13.8. The molecule has 31 heavy (non-hydrogen) atoms. The summed E-state index contributed by atoms with van der Waals surface area (Å²) in [6, 6.07) is 4.86. The number of nitrogens with one attached hydrogen (secondary N) is 2. The van der Waals surface area contributed by atoms with E-state index in [1.54, 1.807) is 12.1 Å². The third kappa shape index (κ3) is 4.46. The predicted octanol–water partition coefficient (Wildman–Crippen LogP) is 7.22. The van der Waals surface area contributed by atoms with Gasteiger partial charge in [0.2, 0.25) is 0 Å². The fraction of sp³-hybridized carbons (Fsp3) is 0.222. The monoisotopic (exact) mass is 600 g/mol. The molecule has 2 aromatic heterocycles. The second-order valence-corrected chi connectivity index (χ2v) is 9.08. The van der Waals surface area contributed by atoms with Crippen molar-refractivity contribution < 1.29 is 22.4 Å². The first-order valence-electron chi connectivity index (χ1n) is 8.67. The molecule has 0 bridgehead atoms. The van der Waals surface area contributed by atoms with Crippen LogP contribution in [-0.2, 0) is 0 Å². The average Bonchev–Trinajstić information content (AvgIpc) is 3.27. The van der Waals surface area contributed by atoms with Crippen molar-refractivity contribution in [1.29, 1.82) is 0 Å². The Bertz CT molecular complexity index is 1170. The number of aromatic nitrogens is 2. The summed E-state index contributed by atoms with van der Waals surface area (Å²) < 4.78 is 48.1. The van der Waals surface area contributed by atoms with Crippen LogP contribution in [0.2, 0.25) is 10.0 Å². The molecule has 0 saturated carbocycles. The van der Waals surface area contributed by atoms with Crippen molar-refractivity contribution in [2.45, 2.75) is 24.7 Å². The quantitative estimate of drug-likeness (QED) is 0.332. The number of carbonyl (C=O) groups excluding carboxylic acids is 1. The molecule has 2 N–H and O–H groups in total. The number of anilines is 2. The number of carbonyl (C=O) groups is 1. The number of halogens is 7. The van der Waals surface area contributed by atoms with E-state index in [0.717, 1.165) is 4.68 Å². The molecule has 0 saturated heterocycles. The zero-order valence-corrected chi connectivity index (χ0v) is 19.8. The zero-order chi connectivity index (χ0) is 22.5. The van der Waals surface area contributed by atoms with Crippen LogP contribution in [0.25, 0.3) is 0 Å². The molecule has 2 atom stereocenters. The highest BCUT2D eigenvalue weighted by Gasteiger charge is 2.48. The van der Waals surface area contributed by atoms with E-state index in [1.807, 2.05) is 0 Å². The highest BCUT2D eigenvalue weighted by molar-refractivity contribution is 9.10. The maximum Gasteiger partial charge on any atom is 0.410 e. The van der Waals surface area contributed by atoms with Gasteiger partial charge in [0.15, 0.2) is 16.4 Å². The SMILES string of the molecule is O=C(Nc1cc(Cl)ccc1Cl)c1nn2c(c1Br)N[C@@H](c1ccc(Br)o1)C[C@H]2C(F)(F)F. The minimum atomic E-state index is -4.60. The van der Waals surface area contributed by atoms with Crippen LogP contribution in [0.3, 0.4) is 0 Å². The van der Waals surface area contributed by atoms with Crippen LogP contribution in [0.5, 0.6) is 0 Å². The third-order valence-electron chi connectivity index (χ3n) is 4.62. The molecule has 1 aliphatic rings. The van der Waals surface area contributed by atoms with Crippen LogP contribution in [0, 0.1) is 0 Å². The standard InChI is InChI=1S/C18H11Br2Cl2F3N4O2/c19-13-4-3-11(31-13)10-6-12(18(23,24)25)29-16(26-10)14(20)15(28-29)17(30)27-9-5-7(21)1-2-8(9)22/h1-5,10,12,26H,6H2,(H,27,30)/t10-,12+/m1/s1. The van der Waals surface area contributed by atoms with Gasteiger partial charge in [0.25, 0.3) is 5.91 Å². The Morgan fingerprint density at radius 3 is 2.65 bits per heavy atom. The number of nitrogens with zero attached hydrogens (tertiary/aromatic N) is 2. The number of furan rings is 1. The first kappa shape index (κ1) is 22.5. The number of hydrogen-bond donors (Lipinski definition) is 2. The molecule has 0 aliphatic carbocycles. The molecule has 3 aromatic rings. The van der Waals surface area contributed by atoms with E-state index < -0.39 is 24.2 Å². The van der Waals surface area contributed by atoms with Gasteiger partial charge < -0.3 is 15.1 Å². The molecule has 0 fully saturated rings. The fourth-order valence-electron chi connectivity index (χ4n) is 3.21. The van der Waals surface area contributed by atoms with Gasteiger partial charge in [0.1, 0.15) is 11.6 Å². The molecule has 13 heteroatoms. The van der Waals surface area contributed by atoms with E-state index in [1.165, 1.54) is 18.2 Å². The smallest absolute Gasteiger partial charge is 0.410 e. The van der Waals surface area contributed by atoms with Crippen LogP contribution < -0.4 is 10.6 Å². The number of hydrogen-bond acceptors (Lipinski definition) is 4. The molecule has 4 rings (SSSR count). The minimum Gasteiger partial charge on any atom is -0.452 e. The van der Waals surface area contributed by atoms with E-state index in [2.05, 4.69) is 47.6 Å². The lowest BCUT2D eigenvalue weighted by Gasteiger charge is -2.32. The predicted molar refractivity (Wildman–Crippen MR) is 117 cm³/mol. The van der Waals surface area contributed by atoms with Gasteiger partial charge in [-0.25, -0.2) is 4.68 Å². The largest absolute Gasteiger partial charge is 0.452 e. The summed E-state index contributed by atoms with van der Waals surface area (Å²) in [5.41, 5.74) is -0.0373. The highest BCUT2D eigenvalue weighted by atomic mass is 79.9. The first-order valence-corrected chi connectivity index (χ1v) is 11.0. The van der Waals surface area contributed by atoms with Gasteiger partial charge in [-0.15, -0.1) is 0 Å². The van der Waals surface area contributed by atoms with Gasteiger partial charge in [-0.3, -0.25) is 4.79 Å². The number of benzene rings is 1. The average molecular weight is 603 g/mol. The Morgan fingerprint density at radius 1 is 1.26 bits per heavy atom. The molecular formula is C18H11Br2Cl2F3N4O2. The van der Waals surface area contributed by atoms with Crippen molar-refractivity contribution in [2.75, 3.05) is 10.6 Å². The van der Waals surface area contributed by atoms with Crippen molar-refractivity contribution in [3.63, 3.8) is 0 Å². The molecule has 1 amide bonds. The number of amides is 1. The summed E-state index contributed by atoms with van der Waals surface area (Å²) >= 11 is 18.3. The van der Waals surface area contributed by atoms with Crippen molar-refractivity contribution in [1.82, 2.24) is 9.78 Å². The molecule has 6 nitrogen and oxygen atoms in total. The van der Waals surface area contributed by atoms with Crippen LogP contribution >= 0.6 is 55.1 Å². The summed E-state index contributed by atoms with van der Waals surface area (Å²) in [6.45, 7) is 0. The number of alkyl halides is 3. The first-order chi connectivity index (χ1) is 14.5. The zero-order valence-electron chi connectivity index (χ0n) is 15.1. The lowest BCUT2D eigenvalue weighted by Crippen LogP contribution is -2.35. The van der Waals surface area contributed by atoms with Gasteiger partial charge in [-0.05, 0) is 62.2 Å². The number of rotatable bonds is 3. The normalized spacial score (nSPS) is 18.4. The molecule has 0 radical (unpaired) electrons. The third-order valence-corrected chi connectivity index (χ3v) is 6.37. The topological polar surface area (TPSA) is 72.1 Å². The Hall–Kier alpha value is -1.69. The maximum atomic E-state index is 13.8. The molecular weight excluding hydrogens is 592 g/mol. The summed E-state index contributed by atoms with van der Waals surface area (Å²) in [5, 5.41) is 9.97. The van der Waals surface area contributed by atoms with Gasteiger partial charge in [-0.2, -0.15) is 18.3 Å². The minimum absolute atomic E-state index is 0.00781. The van der Waals surface area contributed by atoms with Crippen LogP contribution in [0.1, 0.15) is 34.8 Å². The van der Waals surface area contributed by atoms with E-state index in [0.29, 0.717) is 15.5 Å². The van der Waals surface area contributed by atoms with Gasteiger partial charge in [0, 0.05) is 11.4 Å². The molecule has 0 spiro atoms. The second kappa shape index (κ2) is 8.34. The molecule has 1 aliphatic heterocycles. The summed E-state index contributed by atoms with van der Waals surface area (Å²) in [4.78, 5) is 12.8. The summed E-state index contributed by atoms with van der Waals surface area (Å²) in [6.07, 6.45) is -4.97. The highest BCUT2D eigenvalue weighted by Crippen LogP contribution is 2.46. The van der Waals surface area contributed by atoms with Crippen molar-refractivity contribution in [3.8, 4) is 0 Å². The lowest BCUT2D eigenvalue weighted by atomic mass is 10.0. The van der Waals surface area contributed by atoms with Gasteiger partial charge in [0.05, 0.1) is 21.2 Å². The van der Waals surface area contributed by atoms with Crippen LogP contribution in [-0.4, -0.2) is 21.9 Å². The second-order valence-electron chi connectivity index (χ2n) is 6.67. The Kier molecular flexibility index (Phi) is 6.06. The van der Waals surface area contributed by atoms with E-state index in [-0.39, 0.29) is 33.1 Å². The summed E-state index contributed by atoms with van der Waals surface area (Å²) in [5.74, 6) is -0.427. The van der Waals surface area contributed by atoms with Crippen molar-refractivity contribution in [2.24, 2.45) is 0 Å². The molecule has 164 valence electrons. The van der Waals surface area contributed by atoms with Crippen molar-refractivity contribution >= 4 is 72.5 Å². The van der Waals surface area contributed by atoms with Crippen molar-refractivity contribution in [3.05, 3.63) is 61.0 Å². The van der Waals surface area contributed by atoms with Crippen LogP contribution in [0.4, 0.5) is 24.7 Å². The van der Waals surface area contributed by atoms with E-state index >= 15 is 0 Å². The van der Waals surface area contributed by atoms with Gasteiger partial charge >= 0.3 is 6.18 Å². The van der Waals surface area contributed by atoms with E-state index in [9.17, 15) is 18.0 Å². The number of fused-ring (bicyclic) bond motifs is 1. The van der Waals surface area contributed by atoms with E-state index in [4.69, 9.17) is 27.6 Å². The Labute approximate surface area is 200 Å². The fourth-order valence-corrected chi connectivity index (χ4v) is 4.42. The Morgan fingerprint density at radius 2 is 2.00 bits per heavy atom. The summed E-state index contributed by atoms with van der Waals surface area (Å²) in [7, 11) is 0. The van der Waals surface area contributed by atoms with Gasteiger partial charge in [-0.1, -0.05) is 23.2 Å².